The van der Waals surface area contributed by atoms with Crippen molar-refractivity contribution in [3.63, 3.8) is 0 Å². The van der Waals surface area contributed by atoms with Gasteiger partial charge >= 0.3 is 0 Å². The van der Waals surface area contributed by atoms with Crippen molar-refractivity contribution in [2.24, 2.45) is 0 Å². The highest BCUT2D eigenvalue weighted by Crippen LogP contribution is 1.62. The fourth-order valence-corrected chi connectivity index (χ4v) is 1.10. The summed E-state index contributed by atoms with van der Waals surface area (Å²) in [5.74, 6) is 86.6. The third-order valence-corrected chi connectivity index (χ3v) is 2.26. The molecule has 0 aliphatic carbocycles. The van der Waals surface area contributed by atoms with Gasteiger partial charge in [0, 0.05) is 107 Å². The van der Waals surface area contributed by atoms with Gasteiger partial charge < -0.3 is 0 Å². The number of hydrogen-bond acceptors (Lipinski definition) is 0. The van der Waals surface area contributed by atoms with Crippen molar-refractivity contribution < 1.29 is 0 Å². The van der Waals surface area contributed by atoms with Crippen LogP contribution in [0, 0.1) is 214 Å². The minimum absolute atomic E-state index is 0.256. The Kier molecular flexibility index (Phi) is 23.1. The Morgan fingerprint density at radius 3 is 0.579 bits per heavy atom. The van der Waals surface area contributed by atoms with Crippen molar-refractivity contribution in [1.29, 1.82) is 0 Å². The molecule has 0 aromatic rings. The van der Waals surface area contributed by atoms with Crippen LogP contribution in [0.2, 0.25) is 6.32 Å². The zero-order chi connectivity index (χ0) is 27.5. The molecular weight excluding hydrogens is 455 g/mol. The molecule has 2 radical (unpaired) electrons. The largest absolute Gasteiger partial charge is 0.106 e. The van der Waals surface area contributed by atoms with Crippen LogP contribution >= 0.6 is 0 Å². The van der Waals surface area contributed by atoms with Crippen molar-refractivity contribution >= 4 is 7.85 Å². The monoisotopic (exact) mass is 458 g/mol. The molecule has 38 heavy (non-hydrogen) atoms. The van der Waals surface area contributed by atoms with Crippen LogP contribution in [-0.2, 0) is 0 Å². The summed E-state index contributed by atoms with van der Waals surface area (Å²) in [6, 6.07) is 0. The summed E-state index contributed by atoms with van der Waals surface area (Å²) in [7, 11) is 5.18. The number of terminal acetylenes is 1. The first-order valence-electron chi connectivity index (χ1n) is 9.55. The van der Waals surface area contributed by atoms with Gasteiger partial charge in [-0.1, -0.05) is 5.92 Å². The van der Waals surface area contributed by atoms with E-state index in [1.54, 1.807) is 0 Å². The lowest BCUT2D eigenvalue weighted by Crippen LogP contribution is -1.58. The molecule has 154 valence electrons. The van der Waals surface area contributed by atoms with Gasteiger partial charge in [0.25, 0.3) is 0 Å². The molecule has 0 nitrogen and oxygen atoms in total. The summed E-state index contributed by atoms with van der Waals surface area (Å²) in [4.78, 5) is 0. The van der Waals surface area contributed by atoms with Crippen molar-refractivity contribution in [1.82, 2.24) is 0 Å². The van der Waals surface area contributed by atoms with E-state index in [2.05, 4.69) is 207 Å². The van der Waals surface area contributed by atoms with E-state index in [-0.39, 0.29) is 6.32 Å². The summed E-state index contributed by atoms with van der Waals surface area (Å²) in [6.45, 7) is 0. The predicted octanol–water partition coefficient (Wildman–Crippen LogP) is 0.264. The minimum Gasteiger partial charge on any atom is -0.106 e. The average Bonchev–Trinajstić information content (AvgIpc) is 2.93. The first-order chi connectivity index (χ1) is 18.9. The van der Waals surface area contributed by atoms with Gasteiger partial charge in [-0.25, -0.2) is 0 Å². The van der Waals surface area contributed by atoms with Gasteiger partial charge in [0.15, 0.2) is 0 Å². The van der Waals surface area contributed by atoms with E-state index >= 15 is 0 Å². The second-order valence-corrected chi connectivity index (χ2v) is 4.65. The van der Waals surface area contributed by atoms with Gasteiger partial charge in [0.05, 0.1) is 7.85 Å². The summed E-state index contributed by atoms with van der Waals surface area (Å²) in [5, 5.41) is 0. The van der Waals surface area contributed by atoms with E-state index < -0.39 is 0 Å². The molecule has 0 aromatic carbocycles. The van der Waals surface area contributed by atoms with Crippen LogP contribution in [0.4, 0.5) is 0 Å². The normalized spacial score (nSPS) is 4.08. The summed E-state index contributed by atoms with van der Waals surface area (Å²) in [6.07, 6.45) is 5.18. The summed E-state index contributed by atoms with van der Waals surface area (Å²) in [5.41, 5.74) is 0. The average molecular weight is 458 g/mol. The van der Waals surface area contributed by atoms with Gasteiger partial charge in [0.1, 0.15) is 0 Å². The molecule has 0 N–H and O–H groups in total. The maximum Gasteiger partial charge on any atom is 0.0828 e. The second-order valence-electron chi connectivity index (χ2n) is 4.65. The van der Waals surface area contributed by atoms with Crippen molar-refractivity contribution in [2.75, 3.05) is 0 Å². The van der Waals surface area contributed by atoms with E-state index in [1.165, 1.54) is 0 Å². The van der Waals surface area contributed by atoms with Crippen molar-refractivity contribution in [2.45, 2.75) is 6.32 Å². The lowest BCUT2D eigenvalue weighted by Gasteiger charge is -1.60. The molecule has 0 aromatic heterocycles. The third kappa shape index (κ3) is 28.1. The lowest BCUT2D eigenvalue weighted by molar-refractivity contribution is 1.88. The van der Waals surface area contributed by atoms with Crippen molar-refractivity contribution in [3.8, 4) is 214 Å². The Bertz CT molecular complexity index is 2100. The molecule has 0 bridgehead atoms. The van der Waals surface area contributed by atoms with Crippen LogP contribution in [0.1, 0.15) is 0 Å². The Labute approximate surface area is 227 Å². The van der Waals surface area contributed by atoms with Crippen LogP contribution in [0.15, 0.2) is 0 Å². The molecule has 0 saturated heterocycles. The van der Waals surface area contributed by atoms with Gasteiger partial charge in [-0.15, -0.1) is 6.42 Å². The minimum atomic E-state index is 0.256. The van der Waals surface area contributed by atoms with E-state index in [0.29, 0.717) is 0 Å². The van der Waals surface area contributed by atoms with Crippen LogP contribution in [0.25, 0.3) is 0 Å². The molecule has 0 aliphatic heterocycles. The molecule has 0 atom stereocenters. The maximum absolute atomic E-state index is 5.18. The van der Waals surface area contributed by atoms with Crippen molar-refractivity contribution in [3.05, 3.63) is 0 Å². The topological polar surface area (TPSA) is 0 Å². The zero-order valence-electron chi connectivity index (χ0n) is 19.4. The van der Waals surface area contributed by atoms with Crippen LogP contribution in [-0.4, -0.2) is 7.85 Å². The fourth-order valence-electron chi connectivity index (χ4n) is 1.10. The molecule has 0 amide bonds. The molecule has 0 aliphatic rings. The maximum atomic E-state index is 5.18. The fraction of sp³-hybridized carbons (Fsp3) is 0.0270. The van der Waals surface area contributed by atoms with Crippen LogP contribution in [0.5, 0.6) is 0 Å². The highest BCUT2D eigenvalue weighted by molar-refractivity contribution is 6.10. The van der Waals surface area contributed by atoms with Crippen LogP contribution < -0.4 is 0 Å². The predicted molar refractivity (Wildman–Crippen MR) is 152 cm³/mol. The van der Waals surface area contributed by atoms with Gasteiger partial charge in [0.2, 0.25) is 0 Å². The smallest absolute Gasteiger partial charge is 0.0828 e. The Morgan fingerprint density at radius 1 is 0.263 bits per heavy atom. The van der Waals surface area contributed by atoms with Gasteiger partial charge in [-0.05, 0) is 101 Å². The number of hydrogen-bond donors (Lipinski definition) is 0. The Balaban J connectivity index is 4.50. The lowest BCUT2D eigenvalue weighted by atomic mass is 10.1. The summed E-state index contributed by atoms with van der Waals surface area (Å²) >= 11 is 0. The highest BCUT2D eigenvalue weighted by Gasteiger charge is 1.61. The van der Waals surface area contributed by atoms with Gasteiger partial charge in [-0.2, -0.15) is 0 Å². The molecular formula is C37H3B. The Morgan fingerprint density at radius 2 is 0.421 bits per heavy atom. The van der Waals surface area contributed by atoms with E-state index in [4.69, 9.17) is 14.3 Å². The van der Waals surface area contributed by atoms with Gasteiger partial charge in [-0.3, -0.25) is 0 Å². The molecule has 0 unspecified atom stereocenters. The third-order valence-electron chi connectivity index (χ3n) is 2.26. The molecule has 0 saturated carbocycles. The first kappa shape index (κ1) is 30.1. The molecule has 0 spiro atoms. The van der Waals surface area contributed by atoms with E-state index in [0.717, 1.165) is 0 Å². The quantitative estimate of drug-likeness (QED) is 0.361. The summed E-state index contributed by atoms with van der Waals surface area (Å²) < 4.78 is 0. The number of rotatable bonds is 0. The second kappa shape index (κ2) is 29.1. The van der Waals surface area contributed by atoms with E-state index in [9.17, 15) is 0 Å². The standard InChI is InChI=1S/C37H3B/c1-2-3-4-5-6-7-8-9-10-11-12-13-14-15-16-17-18-19-20-21-22-23-24-25-26-27-28-29-30-31-32-33-34-35-36-37-38/h1H,37H2. The SMILES string of the molecule is [B]CC#CC#CC#CC#CC#CC#CC#CC#CC#CC#CC#CC#CC#CC#CC#CC#CC#CC#C. The highest BCUT2D eigenvalue weighted by atomic mass is 13.6. The molecule has 0 fully saturated rings. The molecule has 1 heteroatoms. The zero-order valence-corrected chi connectivity index (χ0v) is 19.4. The molecule has 0 heterocycles. The van der Waals surface area contributed by atoms with Crippen LogP contribution in [0.3, 0.4) is 0 Å². The van der Waals surface area contributed by atoms with E-state index in [1.807, 2.05) is 0 Å². The first-order valence-corrected chi connectivity index (χ1v) is 9.55. The molecule has 0 rings (SSSR count). The Hall–Kier alpha value is -7.86.